The summed E-state index contributed by atoms with van der Waals surface area (Å²) < 4.78 is 28.4. The summed E-state index contributed by atoms with van der Waals surface area (Å²) in [5, 5.41) is 0.765. The molecule has 3 aromatic rings. The van der Waals surface area contributed by atoms with Crippen LogP contribution < -0.4 is 9.62 Å². The molecule has 0 atom stereocenters. The predicted octanol–water partition coefficient (Wildman–Crippen LogP) is 2.94. The van der Waals surface area contributed by atoms with E-state index in [1.165, 1.54) is 0 Å². The van der Waals surface area contributed by atoms with Crippen LogP contribution in [0.4, 0.5) is 11.4 Å². The Bertz CT molecular complexity index is 1120. The SMILES string of the molecule is CN1C(=O)CCc2cc(NS(=O)(=O)c3cccc4cccnc34)ccc21. The lowest BCUT2D eigenvalue weighted by molar-refractivity contribution is -0.118. The Morgan fingerprint density at radius 2 is 1.88 bits per heavy atom. The third kappa shape index (κ3) is 2.80. The molecule has 1 aliphatic heterocycles. The third-order valence-corrected chi connectivity index (χ3v) is 5.97. The number of benzene rings is 2. The molecule has 0 saturated carbocycles. The van der Waals surface area contributed by atoms with Gasteiger partial charge in [0.25, 0.3) is 10.0 Å². The molecule has 1 N–H and O–H groups in total. The van der Waals surface area contributed by atoms with Crippen LogP contribution in [0.25, 0.3) is 10.9 Å². The molecule has 1 aromatic heterocycles. The molecule has 2 aromatic carbocycles. The Balaban J connectivity index is 1.71. The standard InChI is InChI=1S/C19H17N3O3S/c1-22-16-9-8-15(12-14(16)7-10-18(22)23)21-26(24,25)17-6-2-4-13-5-3-11-20-19(13)17/h2-6,8-9,11-12,21H,7,10H2,1H3. The first kappa shape index (κ1) is 16.5. The van der Waals surface area contributed by atoms with E-state index in [4.69, 9.17) is 0 Å². The number of aromatic nitrogens is 1. The van der Waals surface area contributed by atoms with Crippen LogP contribution in [0.5, 0.6) is 0 Å². The molecule has 2 heterocycles. The van der Waals surface area contributed by atoms with Gasteiger partial charge in [0, 0.05) is 36.4 Å². The van der Waals surface area contributed by atoms with Crippen LogP contribution in [0.15, 0.2) is 59.6 Å². The quantitative estimate of drug-likeness (QED) is 0.772. The van der Waals surface area contributed by atoms with E-state index >= 15 is 0 Å². The number of anilines is 2. The van der Waals surface area contributed by atoms with Crippen molar-refractivity contribution in [3.05, 3.63) is 60.3 Å². The number of aryl methyl sites for hydroxylation is 1. The lowest BCUT2D eigenvalue weighted by Gasteiger charge is -2.26. The summed E-state index contributed by atoms with van der Waals surface area (Å²) >= 11 is 0. The molecule has 132 valence electrons. The van der Waals surface area contributed by atoms with Gasteiger partial charge in [-0.25, -0.2) is 8.42 Å². The number of fused-ring (bicyclic) bond motifs is 2. The first-order valence-corrected chi connectivity index (χ1v) is 9.70. The van der Waals surface area contributed by atoms with Gasteiger partial charge in [0.05, 0.1) is 5.52 Å². The van der Waals surface area contributed by atoms with Crippen molar-refractivity contribution in [3.63, 3.8) is 0 Å². The highest BCUT2D eigenvalue weighted by atomic mass is 32.2. The highest BCUT2D eigenvalue weighted by molar-refractivity contribution is 7.93. The number of nitrogens with zero attached hydrogens (tertiary/aromatic N) is 2. The third-order valence-electron chi connectivity index (χ3n) is 4.56. The number of para-hydroxylation sites is 1. The molecular formula is C19H17N3O3S. The molecule has 7 heteroatoms. The minimum atomic E-state index is -3.78. The summed E-state index contributed by atoms with van der Waals surface area (Å²) in [7, 11) is -2.06. The van der Waals surface area contributed by atoms with E-state index in [2.05, 4.69) is 9.71 Å². The van der Waals surface area contributed by atoms with Gasteiger partial charge in [-0.05, 0) is 42.3 Å². The van der Waals surface area contributed by atoms with Crippen LogP contribution in [0, 0.1) is 0 Å². The number of hydrogen-bond donors (Lipinski definition) is 1. The van der Waals surface area contributed by atoms with Gasteiger partial charge in [-0.1, -0.05) is 18.2 Å². The van der Waals surface area contributed by atoms with Crippen molar-refractivity contribution in [3.8, 4) is 0 Å². The van der Waals surface area contributed by atoms with Gasteiger partial charge >= 0.3 is 0 Å². The molecule has 0 fully saturated rings. The number of hydrogen-bond acceptors (Lipinski definition) is 4. The van der Waals surface area contributed by atoms with Gasteiger partial charge in [-0.3, -0.25) is 14.5 Å². The highest BCUT2D eigenvalue weighted by Gasteiger charge is 2.23. The molecule has 0 aliphatic carbocycles. The second kappa shape index (κ2) is 6.10. The molecule has 1 amide bonds. The van der Waals surface area contributed by atoms with Crippen molar-refractivity contribution in [2.75, 3.05) is 16.7 Å². The summed E-state index contributed by atoms with van der Waals surface area (Å²) in [4.78, 5) is 17.7. The summed E-state index contributed by atoms with van der Waals surface area (Å²) in [6.45, 7) is 0. The maximum Gasteiger partial charge on any atom is 0.264 e. The lowest BCUT2D eigenvalue weighted by Crippen LogP contribution is -2.31. The molecule has 1 aliphatic rings. The van der Waals surface area contributed by atoms with Crippen molar-refractivity contribution in [1.82, 2.24) is 4.98 Å². The number of rotatable bonds is 3. The fourth-order valence-electron chi connectivity index (χ4n) is 3.22. The fraction of sp³-hybridized carbons (Fsp3) is 0.158. The minimum Gasteiger partial charge on any atom is -0.315 e. The van der Waals surface area contributed by atoms with Crippen molar-refractivity contribution >= 4 is 38.2 Å². The van der Waals surface area contributed by atoms with Gasteiger partial charge in [-0.15, -0.1) is 0 Å². The Morgan fingerprint density at radius 1 is 1.08 bits per heavy atom. The highest BCUT2D eigenvalue weighted by Crippen LogP contribution is 2.30. The Hall–Kier alpha value is -2.93. The van der Waals surface area contributed by atoms with Gasteiger partial charge in [0.15, 0.2) is 0 Å². The van der Waals surface area contributed by atoms with Crippen LogP contribution in [-0.2, 0) is 21.2 Å². The molecule has 0 unspecified atom stereocenters. The van der Waals surface area contributed by atoms with E-state index in [9.17, 15) is 13.2 Å². The largest absolute Gasteiger partial charge is 0.315 e. The van der Waals surface area contributed by atoms with Gasteiger partial charge in [-0.2, -0.15) is 0 Å². The smallest absolute Gasteiger partial charge is 0.264 e. The van der Waals surface area contributed by atoms with E-state index in [-0.39, 0.29) is 10.8 Å². The number of nitrogens with one attached hydrogen (secondary N) is 1. The van der Waals surface area contributed by atoms with Gasteiger partial charge < -0.3 is 4.90 Å². The van der Waals surface area contributed by atoms with Gasteiger partial charge in [0.2, 0.25) is 5.91 Å². The van der Waals surface area contributed by atoms with E-state index < -0.39 is 10.0 Å². The summed E-state index contributed by atoms with van der Waals surface area (Å²) in [5.41, 5.74) is 2.67. The number of carbonyl (C=O) groups is 1. The second-order valence-electron chi connectivity index (χ2n) is 6.23. The number of sulfonamides is 1. The summed E-state index contributed by atoms with van der Waals surface area (Å²) in [6.07, 6.45) is 2.60. The fourth-order valence-corrected chi connectivity index (χ4v) is 4.45. The maximum absolute atomic E-state index is 12.9. The zero-order valence-electron chi connectivity index (χ0n) is 14.1. The number of carbonyl (C=O) groups excluding carboxylic acids is 1. The molecule has 26 heavy (non-hydrogen) atoms. The molecule has 0 bridgehead atoms. The molecule has 0 saturated heterocycles. The summed E-state index contributed by atoms with van der Waals surface area (Å²) in [5.74, 6) is 0.0626. The molecule has 6 nitrogen and oxygen atoms in total. The minimum absolute atomic E-state index is 0.0626. The van der Waals surface area contributed by atoms with Gasteiger partial charge in [0.1, 0.15) is 4.90 Å². The second-order valence-corrected chi connectivity index (χ2v) is 7.88. The van der Waals surface area contributed by atoms with Crippen molar-refractivity contribution in [1.29, 1.82) is 0 Å². The van der Waals surface area contributed by atoms with Crippen LogP contribution in [0.1, 0.15) is 12.0 Å². The Kier molecular flexibility index (Phi) is 3.88. The van der Waals surface area contributed by atoms with E-state index in [0.717, 1.165) is 16.6 Å². The van der Waals surface area contributed by atoms with E-state index in [1.807, 2.05) is 12.1 Å². The van der Waals surface area contributed by atoms with E-state index in [0.29, 0.717) is 24.0 Å². The lowest BCUT2D eigenvalue weighted by atomic mass is 10.0. The van der Waals surface area contributed by atoms with Crippen molar-refractivity contribution in [2.45, 2.75) is 17.7 Å². The maximum atomic E-state index is 12.9. The number of amides is 1. The molecule has 0 radical (unpaired) electrons. The average Bonchev–Trinajstić information content (AvgIpc) is 2.64. The topological polar surface area (TPSA) is 79.4 Å². The Labute approximate surface area is 151 Å². The Morgan fingerprint density at radius 3 is 2.73 bits per heavy atom. The molecular weight excluding hydrogens is 350 g/mol. The van der Waals surface area contributed by atoms with Crippen molar-refractivity contribution < 1.29 is 13.2 Å². The van der Waals surface area contributed by atoms with Crippen LogP contribution in [-0.4, -0.2) is 26.4 Å². The predicted molar refractivity (Wildman–Crippen MR) is 101 cm³/mol. The van der Waals surface area contributed by atoms with E-state index in [1.54, 1.807) is 54.5 Å². The average molecular weight is 367 g/mol. The van der Waals surface area contributed by atoms with Crippen molar-refractivity contribution in [2.24, 2.45) is 0 Å². The first-order valence-electron chi connectivity index (χ1n) is 8.22. The molecule has 4 rings (SSSR count). The van der Waals surface area contributed by atoms with Crippen LogP contribution in [0.3, 0.4) is 0 Å². The first-order chi connectivity index (χ1) is 12.5. The van der Waals surface area contributed by atoms with Crippen LogP contribution in [0.2, 0.25) is 0 Å². The number of pyridine rings is 1. The zero-order chi connectivity index (χ0) is 18.3. The monoisotopic (exact) mass is 367 g/mol. The summed E-state index contributed by atoms with van der Waals surface area (Å²) in [6, 6.07) is 13.9. The molecule has 0 spiro atoms. The van der Waals surface area contributed by atoms with Crippen LogP contribution >= 0.6 is 0 Å². The zero-order valence-corrected chi connectivity index (χ0v) is 15.0. The normalized spacial score (nSPS) is 14.3.